The van der Waals surface area contributed by atoms with Gasteiger partial charge in [0.05, 0.1) is 18.2 Å². The maximum atomic E-state index is 14.2. The van der Waals surface area contributed by atoms with Gasteiger partial charge >= 0.3 is 12.0 Å². The van der Waals surface area contributed by atoms with Crippen molar-refractivity contribution in [2.75, 3.05) is 18.9 Å². The van der Waals surface area contributed by atoms with Crippen LogP contribution >= 0.6 is 11.8 Å². The predicted molar refractivity (Wildman–Crippen MR) is 206 cm³/mol. The third-order valence-electron chi connectivity index (χ3n) is 11.5. The van der Waals surface area contributed by atoms with Gasteiger partial charge in [0, 0.05) is 54.2 Å². The number of hydrogen-bond donors (Lipinski definition) is 5. The minimum atomic E-state index is -0.856. The molecule has 3 amide bonds. The molecule has 0 aromatic heterocycles. The first-order chi connectivity index (χ1) is 24.8. The number of nitrogens with one attached hydrogen (secondary N) is 3. The van der Waals surface area contributed by atoms with Crippen LogP contribution in [0, 0.1) is 17.3 Å². The standard InChI is InChI=1S/C41H63N3O7S/c1-26-12-11-13-27(2)21-22-41(5)30(19-18-28(3)32(46)20-17-26)36(29(4)24-45)38(39(41)49)51-35(48)16-7-6-10-23-42-34(47)15-9-8-14-33-37-31(25-52-33)43-40(50)44-37/h12,18,21,29-33,37,45-46H,6-11,13-17,19-20,22-25H2,1-5H3,(H,42,47)(H2,43,44,50)/b26-12-,27-21+,28-18+. The van der Waals surface area contributed by atoms with Gasteiger partial charge < -0.3 is 30.9 Å². The molecule has 0 aromatic rings. The number of Topliss-reactive ketones (excluding diaryl/α,β-unsaturated/α-hetero) is 1. The maximum absolute atomic E-state index is 14.2. The van der Waals surface area contributed by atoms with Gasteiger partial charge in [-0.2, -0.15) is 11.8 Å². The van der Waals surface area contributed by atoms with E-state index in [2.05, 4.69) is 41.9 Å². The molecule has 7 unspecified atom stereocenters. The van der Waals surface area contributed by atoms with Crippen molar-refractivity contribution in [2.45, 2.75) is 148 Å². The van der Waals surface area contributed by atoms with Crippen molar-refractivity contribution in [1.82, 2.24) is 16.0 Å². The van der Waals surface area contributed by atoms with E-state index < -0.39 is 17.5 Å². The summed E-state index contributed by atoms with van der Waals surface area (Å²) in [7, 11) is 0. The van der Waals surface area contributed by atoms with E-state index in [-0.39, 0.29) is 60.4 Å². The molecule has 7 atom stereocenters. The zero-order valence-corrected chi connectivity index (χ0v) is 32.9. The van der Waals surface area contributed by atoms with Gasteiger partial charge in [0.25, 0.3) is 0 Å². The van der Waals surface area contributed by atoms with Crippen LogP contribution in [0.25, 0.3) is 0 Å². The lowest BCUT2D eigenvalue weighted by Crippen LogP contribution is -2.36. The zero-order chi connectivity index (χ0) is 37.8. The molecular weight excluding hydrogens is 679 g/mol. The molecule has 52 heavy (non-hydrogen) atoms. The smallest absolute Gasteiger partial charge is 0.315 e. The molecular formula is C41H63N3O7S. The molecule has 2 heterocycles. The van der Waals surface area contributed by atoms with E-state index >= 15 is 0 Å². The van der Waals surface area contributed by atoms with Gasteiger partial charge in [-0.1, -0.05) is 56.1 Å². The molecule has 0 spiro atoms. The summed E-state index contributed by atoms with van der Waals surface area (Å²) in [6.45, 7) is 10.3. The van der Waals surface area contributed by atoms with E-state index in [1.165, 1.54) is 11.1 Å². The topological polar surface area (TPSA) is 154 Å². The van der Waals surface area contributed by atoms with E-state index in [4.69, 9.17) is 4.74 Å². The van der Waals surface area contributed by atoms with Crippen LogP contribution in [-0.2, 0) is 19.1 Å². The highest BCUT2D eigenvalue weighted by atomic mass is 32.2. The fourth-order valence-electron chi connectivity index (χ4n) is 7.94. The van der Waals surface area contributed by atoms with Crippen molar-refractivity contribution in [1.29, 1.82) is 0 Å². The van der Waals surface area contributed by atoms with E-state index in [0.29, 0.717) is 49.5 Å². The Kier molecular flexibility index (Phi) is 16.1. The predicted octanol–water partition coefficient (Wildman–Crippen LogP) is 6.57. The third-order valence-corrected chi connectivity index (χ3v) is 13.0. The van der Waals surface area contributed by atoms with E-state index in [1.807, 2.05) is 38.6 Å². The van der Waals surface area contributed by atoms with Crippen molar-refractivity contribution in [3.05, 3.63) is 46.3 Å². The Labute approximate surface area is 315 Å². The number of hydrogen-bond acceptors (Lipinski definition) is 8. The van der Waals surface area contributed by atoms with Crippen LogP contribution in [-0.4, -0.2) is 76.2 Å². The normalized spacial score (nSPS) is 32.1. The average Bonchev–Trinajstić information content (AvgIpc) is 3.73. The first-order valence-corrected chi connectivity index (χ1v) is 20.6. The molecule has 4 rings (SSSR count). The Morgan fingerprint density at radius 3 is 2.54 bits per heavy atom. The van der Waals surface area contributed by atoms with Crippen molar-refractivity contribution < 1.29 is 34.1 Å². The van der Waals surface area contributed by atoms with E-state index in [1.54, 1.807) is 0 Å². The quantitative estimate of drug-likeness (QED) is 0.0580. The number of rotatable bonds is 14. The number of amides is 3. The molecule has 5 N–H and O–H groups in total. The second-order valence-corrected chi connectivity index (χ2v) is 17.0. The highest BCUT2D eigenvalue weighted by molar-refractivity contribution is 8.00. The third kappa shape index (κ3) is 11.3. The number of ether oxygens (including phenoxy) is 1. The lowest BCUT2D eigenvalue weighted by atomic mass is 9.70. The molecule has 2 aliphatic heterocycles. The van der Waals surface area contributed by atoms with E-state index in [0.717, 1.165) is 62.7 Å². The summed E-state index contributed by atoms with van der Waals surface area (Å²) < 4.78 is 5.90. The Morgan fingerprint density at radius 2 is 1.77 bits per heavy atom. The van der Waals surface area contributed by atoms with Gasteiger partial charge in [-0.25, -0.2) is 4.79 Å². The Bertz CT molecular complexity index is 1420. The van der Waals surface area contributed by atoms with Crippen molar-refractivity contribution in [2.24, 2.45) is 17.3 Å². The molecule has 0 radical (unpaired) electrons. The first kappa shape index (κ1) is 41.9. The summed E-state index contributed by atoms with van der Waals surface area (Å²) in [6, 6.07) is 0.332. The lowest BCUT2D eigenvalue weighted by molar-refractivity contribution is -0.144. The Morgan fingerprint density at radius 1 is 1.02 bits per heavy atom. The molecule has 2 fully saturated rings. The van der Waals surface area contributed by atoms with Crippen LogP contribution in [0.4, 0.5) is 4.79 Å². The Hall–Kier alpha value is -2.89. The largest absolute Gasteiger partial charge is 0.423 e. The van der Waals surface area contributed by atoms with Crippen LogP contribution in [0.1, 0.15) is 125 Å². The minimum absolute atomic E-state index is 0.0294. The van der Waals surface area contributed by atoms with Crippen LogP contribution in [0.15, 0.2) is 46.3 Å². The monoisotopic (exact) mass is 741 g/mol. The lowest BCUT2D eigenvalue weighted by Gasteiger charge is -2.32. The number of urea groups is 1. The maximum Gasteiger partial charge on any atom is 0.315 e. The summed E-state index contributed by atoms with van der Waals surface area (Å²) in [6.07, 6.45) is 15.4. The number of ketones is 1. The number of unbranched alkanes of at least 4 members (excludes halogenated alkanes) is 3. The summed E-state index contributed by atoms with van der Waals surface area (Å²) >= 11 is 1.89. The zero-order valence-electron chi connectivity index (χ0n) is 32.1. The molecule has 0 saturated carbocycles. The van der Waals surface area contributed by atoms with Gasteiger partial charge in [0.1, 0.15) is 0 Å². The van der Waals surface area contributed by atoms with Gasteiger partial charge in [0.2, 0.25) is 11.7 Å². The highest BCUT2D eigenvalue weighted by Gasteiger charge is 2.52. The number of fused-ring (bicyclic) bond motifs is 2. The molecule has 11 heteroatoms. The molecule has 290 valence electrons. The fraction of sp³-hybridized carbons (Fsp3) is 0.707. The summed E-state index contributed by atoms with van der Waals surface area (Å²) in [5, 5.41) is 30.5. The summed E-state index contributed by atoms with van der Waals surface area (Å²) in [5.41, 5.74) is 3.16. The van der Waals surface area contributed by atoms with Crippen LogP contribution < -0.4 is 16.0 Å². The van der Waals surface area contributed by atoms with Gasteiger partial charge in [-0.15, -0.1) is 0 Å². The number of carbonyl (C=O) groups excluding carboxylic acids is 4. The van der Waals surface area contributed by atoms with Crippen LogP contribution in [0.3, 0.4) is 0 Å². The summed E-state index contributed by atoms with van der Waals surface area (Å²) in [4.78, 5) is 51.3. The van der Waals surface area contributed by atoms with Crippen LogP contribution in [0.5, 0.6) is 0 Å². The Balaban J connectivity index is 1.27. The number of aliphatic hydroxyl groups excluding tert-OH is 2. The second kappa shape index (κ2) is 20.0. The molecule has 4 aliphatic rings. The van der Waals surface area contributed by atoms with Crippen molar-refractivity contribution in [3.8, 4) is 0 Å². The number of esters is 1. The number of thioether (sulfide) groups is 1. The fourth-order valence-corrected chi connectivity index (χ4v) is 9.48. The SMILES string of the molecule is C/C1=C/CC/C(C)=C/CC2(C)C(=O)C(OC(=O)CCCCCNC(=O)CCCCC3SCC4NC(=O)NC43)=C(C(C)CO)C2C/C=C(\C)C(O)CC1. The molecule has 0 aromatic carbocycles. The minimum Gasteiger partial charge on any atom is -0.423 e. The van der Waals surface area contributed by atoms with E-state index in [9.17, 15) is 29.4 Å². The molecule has 0 bridgehead atoms. The van der Waals surface area contributed by atoms with Crippen molar-refractivity contribution in [3.63, 3.8) is 0 Å². The average molecular weight is 742 g/mol. The first-order valence-electron chi connectivity index (χ1n) is 19.6. The van der Waals surface area contributed by atoms with Crippen LogP contribution in [0.2, 0.25) is 0 Å². The van der Waals surface area contributed by atoms with Gasteiger partial charge in [-0.3, -0.25) is 14.4 Å². The number of aliphatic hydroxyl groups is 2. The number of carbonyl (C=O) groups is 4. The second-order valence-electron chi connectivity index (χ2n) is 15.8. The van der Waals surface area contributed by atoms with Gasteiger partial charge in [0.15, 0.2) is 5.76 Å². The van der Waals surface area contributed by atoms with Gasteiger partial charge in [-0.05, 0) is 96.1 Å². The highest BCUT2D eigenvalue weighted by Crippen LogP contribution is 2.51. The number of allylic oxidation sites excluding steroid dienone is 6. The molecule has 10 nitrogen and oxygen atoms in total. The summed E-state index contributed by atoms with van der Waals surface area (Å²) in [5.74, 6) is -0.274. The molecule has 2 saturated heterocycles. The molecule has 2 aliphatic carbocycles. The van der Waals surface area contributed by atoms with Crippen molar-refractivity contribution >= 4 is 35.5 Å².